The average Bonchev–Trinajstić information content (AvgIpc) is 2.01. The van der Waals surface area contributed by atoms with Gasteiger partial charge < -0.3 is 5.73 Å². The highest BCUT2D eigenvalue weighted by molar-refractivity contribution is 5.85. The number of nitrogens with zero attached hydrogens (tertiary/aromatic N) is 1. The standard InChI is InChI=1S/C9H7F3N2.ClH/c10-5-3-6(11)9(7(12)4-5)8(14)1-2-13;/h3-4,8H,1,14H2;1H/t8-;/m1./s1. The van der Waals surface area contributed by atoms with E-state index in [9.17, 15) is 13.2 Å². The molecular formula is C9H8ClF3N2. The Kier molecular flexibility index (Phi) is 5.12. The molecule has 0 aliphatic heterocycles. The van der Waals surface area contributed by atoms with Crippen LogP contribution in [0.4, 0.5) is 13.2 Å². The van der Waals surface area contributed by atoms with Gasteiger partial charge in [0.1, 0.15) is 17.5 Å². The normalized spacial score (nSPS) is 11.4. The van der Waals surface area contributed by atoms with Gasteiger partial charge in [0.25, 0.3) is 0 Å². The summed E-state index contributed by atoms with van der Waals surface area (Å²) in [7, 11) is 0. The molecule has 82 valence electrons. The van der Waals surface area contributed by atoms with Crippen LogP contribution in [0.15, 0.2) is 12.1 Å². The number of benzene rings is 1. The fourth-order valence-corrected chi connectivity index (χ4v) is 1.11. The molecule has 0 spiro atoms. The minimum Gasteiger partial charge on any atom is -0.323 e. The fraction of sp³-hybridized carbons (Fsp3) is 0.222. The van der Waals surface area contributed by atoms with Gasteiger partial charge in [0.05, 0.1) is 12.5 Å². The Morgan fingerprint density at radius 1 is 1.27 bits per heavy atom. The van der Waals surface area contributed by atoms with Gasteiger partial charge >= 0.3 is 0 Å². The van der Waals surface area contributed by atoms with Gasteiger partial charge in [-0.3, -0.25) is 0 Å². The van der Waals surface area contributed by atoms with Gasteiger partial charge in [-0.05, 0) is 0 Å². The van der Waals surface area contributed by atoms with Crippen molar-refractivity contribution in [3.8, 4) is 6.07 Å². The van der Waals surface area contributed by atoms with E-state index in [1.807, 2.05) is 0 Å². The first kappa shape index (κ1) is 13.8. The Labute approximate surface area is 90.9 Å². The molecule has 0 aliphatic carbocycles. The maximum Gasteiger partial charge on any atom is 0.133 e. The lowest BCUT2D eigenvalue weighted by Crippen LogP contribution is -2.13. The van der Waals surface area contributed by atoms with Crippen molar-refractivity contribution in [1.29, 1.82) is 5.26 Å². The summed E-state index contributed by atoms with van der Waals surface area (Å²) in [5.74, 6) is -3.14. The van der Waals surface area contributed by atoms with Crippen molar-refractivity contribution in [3.05, 3.63) is 35.1 Å². The Hall–Kier alpha value is -1.25. The molecular weight excluding hydrogens is 229 g/mol. The molecule has 0 amide bonds. The van der Waals surface area contributed by atoms with Crippen molar-refractivity contribution >= 4 is 12.4 Å². The summed E-state index contributed by atoms with van der Waals surface area (Å²) < 4.78 is 38.5. The van der Waals surface area contributed by atoms with Crippen LogP contribution in [0.2, 0.25) is 0 Å². The second-order valence-corrected chi connectivity index (χ2v) is 2.75. The quantitative estimate of drug-likeness (QED) is 0.857. The molecule has 0 unspecified atom stereocenters. The lowest BCUT2D eigenvalue weighted by atomic mass is 10.0. The average molecular weight is 237 g/mol. The first-order valence-electron chi connectivity index (χ1n) is 3.83. The summed E-state index contributed by atoms with van der Waals surface area (Å²) in [6.45, 7) is 0. The Morgan fingerprint density at radius 3 is 2.13 bits per heavy atom. The van der Waals surface area contributed by atoms with Crippen molar-refractivity contribution in [1.82, 2.24) is 0 Å². The Bertz CT molecular complexity index is 366. The van der Waals surface area contributed by atoms with Gasteiger partial charge in [0.15, 0.2) is 0 Å². The number of rotatable bonds is 2. The molecule has 0 bridgehead atoms. The lowest BCUT2D eigenvalue weighted by molar-refractivity contribution is 0.504. The molecule has 0 fully saturated rings. The van der Waals surface area contributed by atoms with E-state index in [-0.39, 0.29) is 18.8 Å². The molecule has 1 aromatic carbocycles. The predicted octanol–water partition coefficient (Wildman–Crippen LogP) is 2.44. The van der Waals surface area contributed by atoms with Crippen molar-refractivity contribution in [2.75, 3.05) is 0 Å². The largest absolute Gasteiger partial charge is 0.323 e. The monoisotopic (exact) mass is 236 g/mol. The second-order valence-electron chi connectivity index (χ2n) is 2.75. The van der Waals surface area contributed by atoms with Crippen LogP contribution in [0.1, 0.15) is 18.0 Å². The van der Waals surface area contributed by atoms with E-state index in [1.54, 1.807) is 6.07 Å². The van der Waals surface area contributed by atoms with E-state index in [1.165, 1.54) is 0 Å². The molecule has 15 heavy (non-hydrogen) atoms. The molecule has 6 heteroatoms. The van der Waals surface area contributed by atoms with Gasteiger partial charge in [-0.25, -0.2) is 13.2 Å². The minimum atomic E-state index is -1.07. The maximum atomic E-state index is 13.0. The van der Waals surface area contributed by atoms with E-state index < -0.39 is 29.1 Å². The summed E-state index contributed by atoms with van der Waals surface area (Å²) in [5, 5.41) is 8.29. The molecule has 2 N–H and O–H groups in total. The van der Waals surface area contributed by atoms with Crippen molar-refractivity contribution < 1.29 is 13.2 Å². The number of hydrogen-bond acceptors (Lipinski definition) is 2. The Balaban J connectivity index is 0.00000196. The molecule has 2 nitrogen and oxygen atoms in total. The second kappa shape index (κ2) is 5.59. The summed E-state index contributed by atoms with van der Waals surface area (Å²) in [6.07, 6.45) is -0.223. The minimum absolute atomic E-state index is 0. The van der Waals surface area contributed by atoms with Gasteiger partial charge in [-0.15, -0.1) is 12.4 Å². The number of nitrogens with two attached hydrogens (primary N) is 1. The van der Waals surface area contributed by atoms with Crippen LogP contribution in [0.3, 0.4) is 0 Å². The fourth-order valence-electron chi connectivity index (χ4n) is 1.11. The zero-order valence-electron chi connectivity index (χ0n) is 7.51. The van der Waals surface area contributed by atoms with Crippen molar-refractivity contribution in [3.63, 3.8) is 0 Å². The third-order valence-electron chi connectivity index (χ3n) is 1.73. The molecule has 1 aromatic rings. The summed E-state index contributed by atoms with van der Waals surface area (Å²) in [5.41, 5.74) is 4.88. The maximum absolute atomic E-state index is 13.0. The molecule has 0 aliphatic rings. The van der Waals surface area contributed by atoms with Crippen LogP contribution >= 0.6 is 12.4 Å². The Morgan fingerprint density at radius 2 is 1.73 bits per heavy atom. The lowest BCUT2D eigenvalue weighted by Gasteiger charge is -2.10. The number of halogens is 4. The van der Waals surface area contributed by atoms with Crippen LogP contribution in [0.25, 0.3) is 0 Å². The van der Waals surface area contributed by atoms with Crippen LogP contribution in [-0.2, 0) is 0 Å². The van der Waals surface area contributed by atoms with Gasteiger partial charge in [0, 0.05) is 23.7 Å². The summed E-state index contributed by atoms with van der Waals surface area (Å²) in [6, 6.07) is 1.69. The van der Waals surface area contributed by atoms with Crippen LogP contribution in [-0.4, -0.2) is 0 Å². The molecule has 1 rings (SSSR count). The zero-order chi connectivity index (χ0) is 10.7. The first-order chi connectivity index (χ1) is 6.56. The van der Waals surface area contributed by atoms with Crippen molar-refractivity contribution in [2.24, 2.45) is 5.73 Å². The van der Waals surface area contributed by atoms with E-state index >= 15 is 0 Å². The van der Waals surface area contributed by atoms with E-state index in [4.69, 9.17) is 11.0 Å². The number of nitriles is 1. The molecule has 0 saturated carbocycles. The highest BCUT2D eigenvalue weighted by Crippen LogP contribution is 2.22. The third kappa shape index (κ3) is 3.11. The summed E-state index contributed by atoms with van der Waals surface area (Å²) >= 11 is 0. The molecule has 0 heterocycles. The van der Waals surface area contributed by atoms with Gasteiger partial charge in [-0.2, -0.15) is 5.26 Å². The van der Waals surface area contributed by atoms with Crippen LogP contribution < -0.4 is 5.73 Å². The highest BCUT2D eigenvalue weighted by atomic mass is 35.5. The smallest absolute Gasteiger partial charge is 0.133 e. The number of hydrogen-bond donors (Lipinski definition) is 1. The molecule has 0 radical (unpaired) electrons. The summed E-state index contributed by atoms with van der Waals surface area (Å²) in [4.78, 5) is 0. The van der Waals surface area contributed by atoms with E-state index in [0.29, 0.717) is 12.1 Å². The molecule has 1 atom stereocenters. The van der Waals surface area contributed by atoms with Crippen LogP contribution in [0, 0.1) is 28.8 Å². The van der Waals surface area contributed by atoms with Gasteiger partial charge in [-0.1, -0.05) is 0 Å². The molecule has 0 saturated heterocycles. The third-order valence-corrected chi connectivity index (χ3v) is 1.73. The topological polar surface area (TPSA) is 49.8 Å². The predicted molar refractivity (Wildman–Crippen MR) is 50.7 cm³/mol. The SMILES string of the molecule is Cl.N#CC[C@@H](N)c1c(F)cc(F)cc1F. The first-order valence-corrected chi connectivity index (χ1v) is 3.83. The van der Waals surface area contributed by atoms with E-state index in [0.717, 1.165) is 0 Å². The highest BCUT2D eigenvalue weighted by Gasteiger charge is 2.17. The molecule has 0 aromatic heterocycles. The zero-order valence-corrected chi connectivity index (χ0v) is 8.32. The van der Waals surface area contributed by atoms with Gasteiger partial charge in [0.2, 0.25) is 0 Å². The van der Waals surface area contributed by atoms with Crippen molar-refractivity contribution in [2.45, 2.75) is 12.5 Å². The van der Waals surface area contributed by atoms with E-state index in [2.05, 4.69) is 0 Å². The van der Waals surface area contributed by atoms with Crippen LogP contribution in [0.5, 0.6) is 0 Å².